The Labute approximate surface area is 117 Å². The number of rotatable bonds is 2. The quantitative estimate of drug-likeness (QED) is 0.805. The van der Waals surface area contributed by atoms with Crippen molar-refractivity contribution in [1.29, 1.82) is 0 Å². The zero-order valence-electron chi connectivity index (χ0n) is 11.6. The number of aryl methyl sites for hydroxylation is 1. The lowest BCUT2D eigenvalue weighted by Gasteiger charge is -2.29. The highest BCUT2D eigenvalue weighted by Gasteiger charge is 2.32. The molecule has 0 spiro atoms. The van der Waals surface area contributed by atoms with Crippen molar-refractivity contribution in [2.75, 3.05) is 31.1 Å². The molecule has 0 saturated carbocycles. The van der Waals surface area contributed by atoms with Crippen molar-refractivity contribution < 1.29 is 4.42 Å². The van der Waals surface area contributed by atoms with E-state index < -0.39 is 0 Å². The molecule has 106 valence electrons. The van der Waals surface area contributed by atoms with Crippen LogP contribution in [0.4, 0.5) is 6.01 Å². The van der Waals surface area contributed by atoms with Gasteiger partial charge in [-0.25, -0.2) is 0 Å². The van der Waals surface area contributed by atoms with Crippen LogP contribution in [0.5, 0.6) is 0 Å². The molecule has 0 aliphatic carbocycles. The van der Waals surface area contributed by atoms with E-state index in [0.717, 1.165) is 18.8 Å². The predicted molar refractivity (Wildman–Crippen MR) is 73.3 cm³/mol. The molecule has 0 amide bonds. The maximum absolute atomic E-state index is 5.84. The smallest absolute Gasteiger partial charge is 0.318 e. The van der Waals surface area contributed by atoms with Gasteiger partial charge in [-0.3, -0.25) is 4.68 Å². The van der Waals surface area contributed by atoms with E-state index in [2.05, 4.69) is 25.1 Å². The zero-order valence-corrected chi connectivity index (χ0v) is 11.6. The van der Waals surface area contributed by atoms with E-state index in [1.807, 2.05) is 19.3 Å². The molecule has 0 N–H and O–H groups in total. The molecule has 5 rings (SSSR count). The van der Waals surface area contributed by atoms with Gasteiger partial charge >= 0.3 is 6.01 Å². The van der Waals surface area contributed by atoms with Crippen LogP contribution in [0.3, 0.4) is 0 Å². The first-order valence-corrected chi connectivity index (χ1v) is 7.12. The van der Waals surface area contributed by atoms with Gasteiger partial charge in [0.25, 0.3) is 5.89 Å². The fraction of sp³-hybridized carbons (Fsp3) is 0.615. The summed E-state index contributed by atoms with van der Waals surface area (Å²) in [5, 5.41) is 12.7. The number of fused-ring (bicyclic) bond motifs is 4. The highest BCUT2D eigenvalue weighted by atomic mass is 16.4. The summed E-state index contributed by atoms with van der Waals surface area (Å²) in [6, 6.07) is 3.06. The van der Waals surface area contributed by atoms with Gasteiger partial charge in [-0.1, -0.05) is 5.10 Å². The van der Waals surface area contributed by atoms with Crippen molar-refractivity contribution in [1.82, 2.24) is 24.9 Å². The van der Waals surface area contributed by atoms with E-state index in [4.69, 9.17) is 4.42 Å². The lowest BCUT2D eigenvalue weighted by molar-refractivity contribution is 0.249. The Balaban J connectivity index is 1.61. The van der Waals surface area contributed by atoms with E-state index in [9.17, 15) is 0 Å². The van der Waals surface area contributed by atoms with E-state index in [1.165, 1.54) is 25.9 Å². The standard InChI is InChI=1S/C13H18N6O/c1-17-5-4-11(16-17)12-14-15-13(20-12)19-9-8-18-6-2-10(19)3-7-18/h4-5,10H,2-3,6-9H2,1H3. The van der Waals surface area contributed by atoms with Gasteiger partial charge in [-0.15, -0.1) is 5.10 Å². The average molecular weight is 274 g/mol. The van der Waals surface area contributed by atoms with Gasteiger partial charge in [0.05, 0.1) is 0 Å². The molecule has 0 radical (unpaired) electrons. The first-order chi connectivity index (χ1) is 9.79. The SMILES string of the molecule is Cn1ccc(-c2nnc(N3CCN4CCC3CC4)o2)n1. The summed E-state index contributed by atoms with van der Waals surface area (Å²) < 4.78 is 7.57. The third-order valence-corrected chi connectivity index (χ3v) is 4.25. The van der Waals surface area contributed by atoms with Gasteiger partial charge in [0, 0.05) is 45.5 Å². The third-order valence-electron chi connectivity index (χ3n) is 4.25. The molecule has 3 fully saturated rings. The minimum absolute atomic E-state index is 0.500. The maximum Gasteiger partial charge on any atom is 0.318 e. The molecule has 20 heavy (non-hydrogen) atoms. The summed E-state index contributed by atoms with van der Waals surface area (Å²) in [7, 11) is 1.88. The van der Waals surface area contributed by atoms with Gasteiger partial charge in [0.2, 0.25) is 0 Å². The van der Waals surface area contributed by atoms with Crippen molar-refractivity contribution in [3.05, 3.63) is 12.3 Å². The Bertz CT molecular complexity index is 598. The van der Waals surface area contributed by atoms with Crippen LogP contribution in [-0.2, 0) is 7.05 Å². The molecule has 0 aromatic carbocycles. The van der Waals surface area contributed by atoms with Crippen molar-refractivity contribution in [3.8, 4) is 11.6 Å². The normalized spacial score (nSPS) is 25.9. The van der Waals surface area contributed by atoms with Crippen LogP contribution in [0, 0.1) is 0 Å². The Morgan fingerprint density at radius 2 is 2.00 bits per heavy atom. The van der Waals surface area contributed by atoms with E-state index in [0.29, 0.717) is 17.9 Å². The highest BCUT2D eigenvalue weighted by molar-refractivity contribution is 5.46. The number of anilines is 1. The maximum atomic E-state index is 5.84. The molecule has 3 saturated heterocycles. The first-order valence-electron chi connectivity index (χ1n) is 7.12. The molecule has 3 aliphatic heterocycles. The Hall–Kier alpha value is -1.89. The van der Waals surface area contributed by atoms with Gasteiger partial charge in [0.1, 0.15) is 5.69 Å². The Kier molecular flexibility index (Phi) is 2.73. The Morgan fingerprint density at radius 3 is 2.75 bits per heavy atom. The van der Waals surface area contributed by atoms with Gasteiger partial charge in [-0.2, -0.15) is 5.10 Å². The second kappa shape index (κ2) is 4.59. The van der Waals surface area contributed by atoms with Crippen LogP contribution in [0.2, 0.25) is 0 Å². The van der Waals surface area contributed by atoms with Crippen LogP contribution in [0.1, 0.15) is 12.8 Å². The number of nitrogens with zero attached hydrogens (tertiary/aromatic N) is 6. The molecular weight excluding hydrogens is 256 g/mol. The second-order valence-electron chi connectivity index (χ2n) is 5.53. The summed E-state index contributed by atoms with van der Waals surface area (Å²) in [4.78, 5) is 4.78. The number of hydrogen-bond donors (Lipinski definition) is 0. The molecule has 2 aromatic heterocycles. The van der Waals surface area contributed by atoms with Crippen LogP contribution in [0.25, 0.3) is 11.6 Å². The van der Waals surface area contributed by atoms with Gasteiger partial charge in [0.15, 0.2) is 0 Å². The zero-order chi connectivity index (χ0) is 13.5. The fourth-order valence-corrected chi connectivity index (χ4v) is 3.10. The molecule has 5 heterocycles. The minimum Gasteiger partial charge on any atom is -0.401 e. The molecule has 0 atom stereocenters. The largest absolute Gasteiger partial charge is 0.401 e. The van der Waals surface area contributed by atoms with E-state index >= 15 is 0 Å². The van der Waals surface area contributed by atoms with Crippen LogP contribution >= 0.6 is 0 Å². The summed E-state index contributed by atoms with van der Waals surface area (Å²) in [6.45, 7) is 4.41. The van der Waals surface area contributed by atoms with Crippen molar-refractivity contribution in [2.24, 2.45) is 7.05 Å². The molecule has 7 nitrogen and oxygen atoms in total. The molecule has 7 heteroatoms. The lowest BCUT2D eigenvalue weighted by atomic mass is 10.1. The number of piperidine rings is 1. The monoisotopic (exact) mass is 274 g/mol. The molecule has 2 bridgehead atoms. The molecule has 3 aliphatic rings. The number of hydrogen-bond acceptors (Lipinski definition) is 6. The molecule has 2 aromatic rings. The van der Waals surface area contributed by atoms with Crippen LogP contribution < -0.4 is 4.90 Å². The predicted octanol–water partition coefficient (Wildman–Crippen LogP) is 0.754. The van der Waals surface area contributed by atoms with Crippen LogP contribution in [-0.4, -0.2) is 57.1 Å². The summed E-state index contributed by atoms with van der Waals surface area (Å²) in [5.41, 5.74) is 0.731. The van der Waals surface area contributed by atoms with Crippen molar-refractivity contribution >= 4 is 6.01 Å². The highest BCUT2D eigenvalue weighted by Crippen LogP contribution is 2.27. The van der Waals surface area contributed by atoms with E-state index in [-0.39, 0.29) is 0 Å². The lowest BCUT2D eigenvalue weighted by Crippen LogP contribution is -2.38. The topological polar surface area (TPSA) is 63.2 Å². The second-order valence-corrected chi connectivity index (χ2v) is 5.53. The molecular formula is C13H18N6O. The Morgan fingerprint density at radius 1 is 1.15 bits per heavy atom. The average Bonchev–Trinajstić information content (AvgIpc) is 3.01. The van der Waals surface area contributed by atoms with E-state index in [1.54, 1.807) is 4.68 Å². The van der Waals surface area contributed by atoms with Gasteiger partial charge < -0.3 is 14.2 Å². The van der Waals surface area contributed by atoms with Crippen molar-refractivity contribution in [3.63, 3.8) is 0 Å². The molecule has 0 unspecified atom stereocenters. The fourth-order valence-electron chi connectivity index (χ4n) is 3.10. The van der Waals surface area contributed by atoms with Crippen molar-refractivity contribution in [2.45, 2.75) is 18.9 Å². The van der Waals surface area contributed by atoms with Crippen LogP contribution in [0.15, 0.2) is 16.7 Å². The first kappa shape index (κ1) is 11.9. The summed E-state index contributed by atoms with van der Waals surface area (Å²) in [6.07, 6.45) is 4.24. The minimum atomic E-state index is 0.500. The third kappa shape index (κ3) is 1.98. The summed E-state index contributed by atoms with van der Waals surface area (Å²) >= 11 is 0. The summed E-state index contributed by atoms with van der Waals surface area (Å²) in [5.74, 6) is 0.500. The van der Waals surface area contributed by atoms with Gasteiger partial charge in [-0.05, 0) is 18.9 Å². The number of aromatic nitrogens is 4.